The van der Waals surface area contributed by atoms with Crippen molar-refractivity contribution in [1.82, 2.24) is 0 Å². The van der Waals surface area contributed by atoms with Crippen molar-refractivity contribution >= 4 is 77.1 Å². The molecule has 20 heteroatoms. The van der Waals surface area contributed by atoms with Crippen molar-refractivity contribution in [3.05, 3.63) is 319 Å². The molecule has 0 radical (unpaired) electrons. The van der Waals surface area contributed by atoms with Crippen LogP contribution in [0.1, 0.15) is 0 Å². The number of hydrogen-bond acceptors (Lipinski definition) is 12. The number of rotatable bonds is 13. The molecule has 9 aromatic carbocycles. The molecule has 0 fully saturated rings. The molecule has 15 nitrogen and oxygen atoms in total. The van der Waals surface area contributed by atoms with Gasteiger partial charge >= 0.3 is 32.7 Å². The average Bonchev–Trinajstić information content (AvgIpc) is 3.51. The third kappa shape index (κ3) is 16.9. The first-order valence-electron chi connectivity index (χ1n) is 22.6. The molecule has 0 atom stereocenters. The van der Waals surface area contributed by atoms with E-state index in [2.05, 4.69) is 48.5 Å². The molecule has 0 aliphatic heterocycles. The Balaban J connectivity index is 0.000000312. The summed E-state index contributed by atoms with van der Waals surface area (Å²) >= 11 is 0. The van der Waals surface area contributed by atoms with Crippen molar-refractivity contribution < 1.29 is 61.7 Å². The number of hydrogen-bond donors (Lipinski definition) is 0. The molecule has 0 spiro atoms. The van der Waals surface area contributed by atoms with Gasteiger partial charge in [0.2, 0.25) is 0 Å². The third-order valence-corrected chi connectivity index (χ3v) is 25.7. The van der Waals surface area contributed by atoms with E-state index in [1.807, 2.05) is 224 Å². The van der Waals surface area contributed by atoms with Crippen molar-refractivity contribution in [2.75, 3.05) is 6.16 Å². The fourth-order valence-electron chi connectivity index (χ4n) is 8.14. The summed E-state index contributed by atoms with van der Waals surface area (Å²) in [5.74, 6) is 0. The van der Waals surface area contributed by atoms with Gasteiger partial charge in [0, 0.05) is 37.1 Å². The van der Waals surface area contributed by atoms with E-state index in [0.717, 1.165) is 37.1 Å². The first-order chi connectivity index (χ1) is 36.1. The first-order valence-corrected chi connectivity index (χ1v) is 29.4. The molecular formula is C56H48N3O12P4Y. The van der Waals surface area contributed by atoms with E-state index < -0.39 is 50.0 Å². The maximum absolute atomic E-state index is 16.3. The van der Waals surface area contributed by atoms with Gasteiger partial charge in [-0.25, -0.2) is 0 Å². The minimum Gasteiger partial charge on any atom is -0.356 e. The molecule has 0 amide bonds. The Bertz CT molecular complexity index is 2930. The van der Waals surface area contributed by atoms with Gasteiger partial charge in [0.1, 0.15) is 0 Å². The van der Waals surface area contributed by atoms with E-state index in [1.165, 1.54) is 10.6 Å². The fraction of sp³-hybridized carbons (Fsp3) is 0.0357. The molecular weight excluding hydrogens is 1120 g/mol. The summed E-state index contributed by atoms with van der Waals surface area (Å²) < 4.78 is 46.5. The van der Waals surface area contributed by atoms with Crippen LogP contribution in [0.25, 0.3) is 0 Å². The molecule has 0 unspecified atom stereocenters. The van der Waals surface area contributed by atoms with Gasteiger partial charge in [-0.05, 0) is 24.7 Å². The maximum atomic E-state index is 16.3. The van der Waals surface area contributed by atoms with E-state index in [9.17, 15) is 4.57 Å². The Kier molecular flexibility index (Phi) is 25.0. The van der Waals surface area contributed by atoms with Crippen LogP contribution in [0.4, 0.5) is 0 Å². The summed E-state index contributed by atoms with van der Waals surface area (Å²) in [5.41, 5.74) is 0. The SMILES string of the molecule is O=P(c1ccccc1)(c1ccccc1)C(CP(c1ccccc1)c1ccccc1)P(=O)(c1ccccc1)c1ccccc1.O=P(c1ccccc1)(c1ccccc1)c1ccccc1.O=[N+]([O-])[O-].O=[N+]([O-])[O-].O=[N+]([O-])[O-].[Y+3]. The van der Waals surface area contributed by atoms with Crippen molar-refractivity contribution in [3.63, 3.8) is 0 Å². The Morgan fingerprint density at radius 3 is 0.645 bits per heavy atom. The standard InChI is InChI=1S/C38H33O2P3.C18H15OP.3NO3.Y/c39-42(34-23-11-3-12-24-34,35-25-13-4-14-26-35)38(31-41(32-19-7-1-8-20-32)33-21-9-2-10-22-33)43(40,36-27-15-5-16-28-36)37-29-17-6-18-30-37;19-20(16-10-4-1-5-11-16,17-12-6-2-7-13-17)18-14-8-3-9-15-18;3*2-1(3)4;/h1-30,38H,31H2;1-15H;;;;/q;;3*-1;+3. The van der Waals surface area contributed by atoms with E-state index in [0.29, 0.717) is 6.16 Å². The van der Waals surface area contributed by atoms with Gasteiger partial charge in [0.05, 0.1) is 20.7 Å². The molecule has 0 aromatic heterocycles. The zero-order valence-electron chi connectivity index (χ0n) is 40.4. The fourth-order valence-corrected chi connectivity index (χ4v) is 23.6. The van der Waals surface area contributed by atoms with E-state index in [-0.39, 0.29) is 32.7 Å². The second-order valence-electron chi connectivity index (χ2n) is 15.7. The van der Waals surface area contributed by atoms with Crippen LogP contribution >= 0.6 is 29.3 Å². The van der Waals surface area contributed by atoms with Crippen LogP contribution in [0.5, 0.6) is 0 Å². The average molecular weight is 1170 g/mol. The van der Waals surface area contributed by atoms with Crippen LogP contribution in [0.15, 0.2) is 273 Å². The summed E-state index contributed by atoms with van der Waals surface area (Å²) in [6, 6.07) is 89.0. The molecule has 0 saturated heterocycles. The van der Waals surface area contributed by atoms with Crippen LogP contribution < -0.4 is 47.7 Å². The molecule has 9 rings (SSSR count). The quantitative estimate of drug-likeness (QED) is 0.0594. The topological polar surface area (TPSA) is 250 Å². The monoisotopic (exact) mass is 1170 g/mol. The maximum Gasteiger partial charge on any atom is 3.00 e. The van der Waals surface area contributed by atoms with E-state index in [1.54, 1.807) is 0 Å². The summed E-state index contributed by atoms with van der Waals surface area (Å²) in [7, 11) is -10.9. The zero-order valence-corrected chi connectivity index (χ0v) is 46.8. The van der Waals surface area contributed by atoms with Crippen LogP contribution in [0.2, 0.25) is 0 Å². The number of benzene rings is 9. The van der Waals surface area contributed by atoms with Gasteiger partial charge in [-0.15, -0.1) is 0 Å². The van der Waals surface area contributed by atoms with Crippen LogP contribution in [0.3, 0.4) is 0 Å². The Morgan fingerprint density at radius 1 is 0.303 bits per heavy atom. The molecule has 0 aliphatic carbocycles. The third-order valence-electron chi connectivity index (χ3n) is 11.2. The van der Waals surface area contributed by atoms with Gasteiger partial charge < -0.3 is 59.7 Å². The van der Waals surface area contributed by atoms with Crippen LogP contribution in [-0.2, 0) is 46.4 Å². The number of nitrogens with zero attached hydrogens (tertiary/aromatic N) is 3. The van der Waals surface area contributed by atoms with E-state index in [4.69, 9.17) is 46.0 Å². The van der Waals surface area contributed by atoms with Crippen LogP contribution in [-0.4, -0.2) is 26.8 Å². The normalized spacial score (nSPS) is 10.7. The molecule has 0 bridgehead atoms. The first kappa shape index (κ1) is 61.4. The smallest absolute Gasteiger partial charge is 0.356 e. The van der Waals surface area contributed by atoms with Crippen molar-refractivity contribution in [2.24, 2.45) is 0 Å². The molecule has 0 N–H and O–H groups in total. The second-order valence-corrected chi connectivity index (χ2v) is 27.1. The second kappa shape index (κ2) is 31.0. The predicted molar refractivity (Wildman–Crippen MR) is 304 cm³/mol. The van der Waals surface area contributed by atoms with Crippen molar-refractivity contribution in [3.8, 4) is 0 Å². The Morgan fingerprint density at radius 2 is 0.461 bits per heavy atom. The Hall–Kier alpha value is -7.20. The molecule has 382 valence electrons. The molecule has 76 heavy (non-hydrogen) atoms. The van der Waals surface area contributed by atoms with Gasteiger partial charge in [-0.1, -0.05) is 273 Å². The summed E-state index contributed by atoms with van der Waals surface area (Å²) in [6.45, 7) is 0. The summed E-state index contributed by atoms with van der Waals surface area (Å²) in [4.78, 5) is 24.8. The summed E-state index contributed by atoms with van der Waals surface area (Å²) in [6.07, 6.45) is 0.492. The molecule has 0 aliphatic rings. The van der Waals surface area contributed by atoms with Crippen molar-refractivity contribution in [1.29, 1.82) is 0 Å². The van der Waals surface area contributed by atoms with E-state index >= 15 is 9.13 Å². The summed E-state index contributed by atoms with van der Waals surface area (Å²) in [5, 5.41) is 51.4. The van der Waals surface area contributed by atoms with Gasteiger partial charge in [0.25, 0.3) is 0 Å². The largest absolute Gasteiger partial charge is 3.00 e. The minimum atomic E-state index is -3.53. The van der Waals surface area contributed by atoms with Gasteiger partial charge in [-0.2, -0.15) is 0 Å². The molecule has 0 heterocycles. The predicted octanol–water partition coefficient (Wildman–Crippen LogP) is 10.1. The molecule has 0 saturated carbocycles. The molecule has 9 aromatic rings. The zero-order chi connectivity index (χ0) is 54.1. The Labute approximate surface area is 466 Å². The van der Waals surface area contributed by atoms with Crippen molar-refractivity contribution in [2.45, 2.75) is 5.40 Å². The minimum absolute atomic E-state index is 0. The van der Waals surface area contributed by atoms with Crippen LogP contribution in [0, 0.1) is 46.0 Å². The van der Waals surface area contributed by atoms with Gasteiger partial charge in [-0.3, -0.25) is 0 Å². The van der Waals surface area contributed by atoms with Gasteiger partial charge in [0.15, 0.2) is 21.4 Å².